The van der Waals surface area contributed by atoms with E-state index in [0.717, 1.165) is 39.7 Å². The first kappa shape index (κ1) is 26.1. The monoisotopic (exact) mass is 548 g/mol. The highest BCUT2D eigenvalue weighted by atomic mass is 16.7. The Morgan fingerprint density at radius 2 is 1.63 bits per heavy atom. The molecule has 1 N–H and O–H groups in total. The van der Waals surface area contributed by atoms with Crippen LogP contribution in [0.3, 0.4) is 0 Å². The van der Waals surface area contributed by atoms with Crippen LogP contribution in [0.15, 0.2) is 108 Å². The van der Waals surface area contributed by atoms with Gasteiger partial charge in [-0.15, -0.1) is 0 Å². The average molecular weight is 549 g/mol. The molecule has 0 unspecified atom stereocenters. The van der Waals surface area contributed by atoms with Gasteiger partial charge in [0.05, 0.1) is 6.54 Å². The molecule has 3 heterocycles. The van der Waals surface area contributed by atoms with Crippen LogP contribution in [0.1, 0.15) is 33.1 Å². The number of carbonyl (C=O) groups excluding carboxylic acids is 1. The summed E-state index contributed by atoms with van der Waals surface area (Å²) in [7, 11) is 0. The number of hydrogen-bond donors (Lipinski definition) is 1. The fourth-order valence-corrected chi connectivity index (χ4v) is 4.51. The van der Waals surface area contributed by atoms with Crippen LogP contribution in [0.4, 0.5) is 0 Å². The highest BCUT2D eigenvalue weighted by Gasteiger charge is 2.18. The largest absolute Gasteiger partial charge is 0.457 e. The minimum absolute atomic E-state index is 0.221. The Hall–Kier alpha value is -5.15. The van der Waals surface area contributed by atoms with E-state index in [0.29, 0.717) is 32.1 Å². The number of rotatable bonds is 11. The lowest BCUT2D eigenvalue weighted by Crippen LogP contribution is -2.24. The lowest BCUT2D eigenvalue weighted by Gasteiger charge is -2.21. The topological polar surface area (TPSA) is 99.0 Å². The number of pyridine rings is 1. The standard InChI is InChI=1S/C32H28N4O5/c37-32(34-17-25-7-5-13-33-16-25)28-21-38-31(35-28)20-36(19-24-11-12-29-30(15-24)40-22-39-29)18-23-6-4-10-27(14-23)41-26-8-2-1-3-9-26/h1-16,21H,17-20,22H2,(H,34,37). The molecule has 6 rings (SSSR count). The lowest BCUT2D eigenvalue weighted by atomic mass is 10.1. The van der Waals surface area contributed by atoms with E-state index in [1.54, 1.807) is 12.4 Å². The van der Waals surface area contributed by atoms with Gasteiger partial charge < -0.3 is 23.9 Å². The molecule has 1 amide bonds. The van der Waals surface area contributed by atoms with Crippen molar-refractivity contribution < 1.29 is 23.4 Å². The van der Waals surface area contributed by atoms with Crippen LogP contribution in [-0.4, -0.2) is 27.6 Å². The van der Waals surface area contributed by atoms with Crippen molar-refractivity contribution >= 4 is 5.91 Å². The number of nitrogens with one attached hydrogen (secondary N) is 1. The van der Waals surface area contributed by atoms with Crippen LogP contribution in [0.25, 0.3) is 0 Å². The van der Waals surface area contributed by atoms with E-state index in [9.17, 15) is 4.79 Å². The Bertz CT molecular complexity index is 1610. The van der Waals surface area contributed by atoms with Gasteiger partial charge in [0, 0.05) is 32.0 Å². The van der Waals surface area contributed by atoms with E-state index in [4.69, 9.17) is 18.6 Å². The van der Waals surface area contributed by atoms with Crippen LogP contribution >= 0.6 is 0 Å². The van der Waals surface area contributed by atoms with Crippen molar-refractivity contribution in [2.45, 2.75) is 26.2 Å². The summed E-state index contributed by atoms with van der Waals surface area (Å²) in [6.07, 6.45) is 4.79. The van der Waals surface area contributed by atoms with Crippen LogP contribution in [0.5, 0.6) is 23.0 Å². The van der Waals surface area contributed by atoms with Crippen molar-refractivity contribution in [3.8, 4) is 23.0 Å². The number of benzene rings is 3. The van der Waals surface area contributed by atoms with E-state index in [-0.39, 0.29) is 18.4 Å². The summed E-state index contributed by atoms with van der Waals surface area (Å²) < 4.78 is 22.8. The second-order valence-electron chi connectivity index (χ2n) is 9.57. The van der Waals surface area contributed by atoms with E-state index in [1.807, 2.05) is 78.9 Å². The van der Waals surface area contributed by atoms with Gasteiger partial charge in [-0.05, 0) is 59.2 Å². The number of nitrogens with zero attached hydrogens (tertiary/aromatic N) is 3. The van der Waals surface area contributed by atoms with Gasteiger partial charge in [0.2, 0.25) is 12.7 Å². The van der Waals surface area contributed by atoms with Crippen LogP contribution < -0.4 is 19.5 Å². The van der Waals surface area contributed by atoms with E-state index >= 15 is 0 Å². The molecule has 2 aromatic heterocycles. The van der Waals surface area contributed by atoms with Crippen molar-refractivity contribution in [2.24, 2.45) is 0 Å². The van der Waals surface area contributed by atoms with Crippen LogP contribution in [0.2, 0.25) is 0 Å². The number of para-hydroxylation sites is 1. The molecule has 0 bridgehead atoms. The highest BCUT2D eigenvalue weighted by Crippen LogP contribution is 2.33. The first-order valence-corrected chi connectivity index (χ1v) is 13.2. The zero-order chi connectivity index (χ0) is 27.9. The molecule has 3 aromatic carbocycles. The zero-order valence-corrected chi connectivity index (χ0v) is 22.2. The molecule has 0 spiro atoms. The molecule has 9 heteroatoms. The fraction of sp³-hybridized carbons (Fsp3) is 0.156. The number of ether oxygens (including phenoxy) is 3. The number of hydrogen-bond acceptors (Lipinski definition) is 8. The Morgan fingerprint density at radius 3 is 2.49 bits per heavy atom. The summed E-state index contributed by atoms with van der Waals surface area (Å²) in [4.78, 5) is 23.4. The minimum Gasteiger partial charge on any atom is -0.457 e. The molecule has 206 valence electrons. The van der Waals surface area contributed by atoms with Gasteiger partial charge in [0.25, 0.3) is 5.91 Å². The summed E-state index contributed by atoms with van der Waals surface area (Å²) in [5.41, 5.74) is 3.23. The van der Waals surface area contributed by atoms with Gasteiger partial charge in [-0.25, -0.2) is 4.98 Å². The average Bonchev–Trinajstić information content (AvgIpc) is 3.67. The van der Waals surface area contributed by atoms with Crippen LogP contribution in [0, 0.1) is 0 Å². The normalized spacial score (nSPS) is 11.9. The summed E-state index contributed by atoms with van der Waals surface area (Å²) in [5.74, 6) is 3.12. The van der Waals surface area contributed by atoms with Crippen molar-refractivity contribution in [3.05, 3.63) is 132 Å². The molecule has 41 heavy (non-hydrogen) atoms. The third-order valence-corrected chi connectivity index (χ3v) is 6.45. The summed E-state index contributed by atoms with van der Waals surface area (Å²) in [6.45, 7) is 2.13. The first-order chi connectivity index (χ1) is 20.2. The zero-order valence-electron chi connectivity index (χ0n) is 22.2. The molecular weight excluding hydrogens is 520 g/mol. The van der Waals surface area contributed by atoms with Gasteiger partial charge in [-0.3, -0.25) is 14.7 Å². The van der Waals surface area contributed by atoms with E-state index in [1.165, 1.54) is 6.26 Å². The fourth-order valence-electron chi connectivity index (χ4n) is 4.51. The Morgan fingerprint density at radius 1 is 0.829 bits per heavy atom. The van der Waals surface area contributed by atoms with Gasteiger partial charge in [-0.2, -0.15) is 0 Å². The molecule has 1 aliphatic heterocycles. The first-order valence-electron chi connectivity index (χ1n) is 13.2. The molecule has 0 atom stereocenters. The second kappa shape index (κ2) is 12.4. The predicted octanol–water partition coefficient (Wildman–Crippen LogP) is 5.72. The maximum Gasteiger partial charge on any atom is 0.273 e. The van der Waals surface area contributed by atoms with Crippen molar-refractivity contribution in [1.82, 2.24) is 20.2 Å². The molecule has 9 nitrogen and oxygen atoms in total. The van der Waals surface area contributed by atoms with E-state index in [2.05, 4.69) is 26.3 Å². The molecule has 0 saturated carbocycles. The molecule has 0 aliphatic carbocycles. The molecule has 1 aliphatic rings. The molecule has 0 fully saturated rings. The van der Waals surface area contributed by atoms with Gasteiger partial charge in [0.15, 0.2) is 17.2 Å². The van der Waals surface area contributed by atoms with Crippen LogP contribution in [-0.2, 0) is 26.2 Å². The smallest absolute Gasteiger partial charge is 0.273 e. The summed E-state index contributed by atoms with van der Waals surface area (Å²) in [6, 6.07) is 27.3. The minimum atomic E-state index is -0.308. The molecule has 0 saturated heterocycles. The Kier molecular flexibility index (Phi) is 7.86. The summed E-state index contributed by atoms with van der Waals surface area (Å²) in [5, 5.41) is 2.86. The van der Waals surface area contributed by atoms with Crippen molar-refractivity contribution in [1.29, 1.82) is 0 Å². The molecule has 0 radical (unpaired) electrons. The number of fused-ring (bicyclic) bond motifs is 1. The third kappa shape index (κ3) is 6.90. The number of oxazole rings is 1. The van der Waals surface area contributed by atoms with Gasteiger partial charge >= 0.3 is 0 Å². The molecular formula is C32H28N4O5. The number of aromatic nitrogens is 2. The third-order valence-electron chi connectivity index (χ3n) is 6.45. The van der Waals surface area contributed by atoms with Gasteiger partial charge in [-0.1, -0.05) is 42.5 Å². The predicted molar refractivity (Wildman–Crippen MR) is 150 cm³/mol. The Balaban J connectivity index is 1.17. The quantitative estimate of drug-likeness (QED) is 0.224. The van der Waals surface area contributed by atoms with E-state index < -0.39 is 0 Å². The Labute approximate surface area is 237 Å². The number of carbonyl (C=O) groups is 1. The maximum atomic E-state index is 12.7. The summed E-state index contributed by atoms with van der Waals surface area (Å²) >= 11 is 0. The maximum absolute atomic E-state index is 12.7. The molecule has 5 aromatic rings. The second-order valence-corrected chi connectivity index (χ2v) is 9.57. The highest BCUT2D eigenvalue weighted by molar-refractivity contribution is 5.91. The number of amides is 1. The SMILES string of the molecule is O=C(NCc1cccnc1)c1coc(CN(Cc2cccc(Oc3ccccc3)c2)Cc2ccc3c(c2)OCO3)n1. The lowest BCUT2D eigenvalue weighted by molar-refractivity contribution is 0.0945. The van der Waals surface area contributed by atoms with Gasteiger partial charge in [0.1, 0.15) is 17.8 Å². The van der Waals surface area contributed by atoms with Crippen molar-refractivity contribution in [3.63, 3.8) is 0 Å². The van der Waals surface area contributed by atoms with Crippen molar-refractivity contribution in [2.75, 3.05) is 6.79 Å².